The van der Waals surface area contributed by atoms with E-state index in [4.69, 9.17) is 9.47 Å². The van der Waals surface area contributed by atoms with E-state index in [9.17, 15) is 5.11 Å². The molecular formula is C13H24O3S. The lowest BCUT2D eigenvalue weighted by atomic mass is 9.80. The number of hydrogen-bond donors (Lipinski definition) is 1. The normalized spacial score (nSPS) is 30.4. The Hall–Kier alpha value is 0.230. The van der Waals surface area contributed by atoms with Gasteiger partial charge < -0.3 is 14.6 Å². The molecule has 0 aliphatic carbocycles. The molecule has 0 radical (unpaired) electrons. The molecule has 0 bridgehead atoms. The zero-order valence-electron chi connectivity index (χ0n) is 10.7. The highest BCUT2D eigenvalue weighted by Crippen LogP contribution is 2.40. The lowest BCUT2D eigenvalue weighted by molar-refractivity contribution is -0.109. The van der Waals surface area contributed by atoms with Gasteiger partial charge in [-0.25, -0.2) is 0 Å². The Morgan fingerprint density at radius 2 is 2.24 bits per heavy atom. The summed E-state index contributed by atoms with van der Waals surface area (Å²) in [5.41, 5.74) is 0.140. The van der Waals surface area contributed by atoms with Crippen LogP contribution in [0.2, 0.25) is 0 Å². The summed E-state index contributed by atoms with van der Waals surface area (Å²) in [5, 5.41) is 9.82. The summed E-state index contributed by atoms with van der Waals surface area (Å²) in [7, 11) is 1.65. The van der Waals surface area contributed by atoms with Crippen LogP contribution >= 0.6 is 11.8 Å². The molecule has 100 valence electrons. The van der Waals surface area contributed by atoms with Crippen LogP contribution in [-0.2, 0) is 9.47 Å². The Morgan fingerprint density at radius 3 is 2.94 bits per heavy atom. The van der Waals surface area contributed by atoms with Gasteiger partial charge in [-0.05, 0) is 49.5 Å². The molecule has 3 nitrogen and oxygen atoms in total. The summed E-state index contributed by atoms with van der Waals surface area (Å²) < 4.78 is 11.0. The van der Waals surface area contributed by atoms with Crippen LogP contribution in [0.4, 0.5) is 0 Å². The topological polar surface area (TPSA) is 38.7 Å². The van der Waals surface area contributed by atoms with E-state index in [2.05, 4.69) is 0 Å². The number of rotatable bonds is 4. The summed E-state index contributed by atoms with van der Waals surface area (Å²) in [4.78, 5) is 0. The molecule has 4 heteroatoms. The number of aliphatic hydroxyl groups excluding tert-OH is 1. The third kappa shape index (κ3) is 3.85. The van der Waals surface area contributed by atoms with E-state index in [0.717, 1.165) is 25.9 Å². The van der Waals surface area contributed by atoms with Gasteiger partial charge in [-0.15, -0.1) is 0 Å². The van der Waals surface area contributed by atoms with E-state index in [1.165, 1.54) is 24.3 Å². The number of aliphatic hydroxyl groups is 1. The van der Waals surface area contributed by atoms with Gasteiger partial charge in [0, 0.05) is 13.7 Å². The predicted octanol–water partition coefficient (Wildman–Crippen LogP) is 2.08. The van der Waals surface area contributed by atoms with Crippen molar-refractivity contribution in [2.24, 2.45) is 5.92 Å². The van der Waals surface area contributed by atoms with Crippen molar-refractivity contribution in [3.8, 4) is 0 Å². The molecule has 0 amide bonds. The van der Waals surface area contributed by atoms with Gasteiger partial charge in [-0.3, -0.25) is 0 Å². The van der Waals surface area contributed by atoms with Gasteiger partial charge in [0.15, 0.2) is 0 Å². The molecule has 0 aromatic heterocycles. The number of hydrogen-bond acceptors (Lipinski definition) is 4. The van der Waals surface area contributed by atoms with Crippen LogP contribution in [0, 0.1) is 5.92 Å². The highest BCUT2D eigenvalue weighted by atomic mass is 32.2. The van der Waals surface area contributed by atoms with E-state index in [0.29, 0.717) is 12.5 Å². The highest BCUT2D eigenvalue weighted by molar-refractivity contribution is 7.99. The second-order valence-electron chi connectivity index (χ2n) is 5.35. The highest BCUT2D eigenvalue weighted by Gasteiger charge is 2.38. The van der Waals surface area contributed by atoms with Crippen molar-refractivity contribution in [2.75, 3.05) is 31.8 Å². The van der Waals surface area contributed by atoms with Crippen LogP contribution < -0.4 is 0 Å². The Labute approximate surface area is 108 Å². The first kappa shape index (κ1) is 13.7. The van der Waals surface area contributed by atoms with Gasteiger partial charge in [0.25, 0.3) is 0 Å². The van der Waals surface area contributed by atoms with Crippen molar-refractivity contribution in [2.45, 2.75) is 43.8 Å². The maximum atomic E-state index is 9.82. The van der Waals surface area contributed by atoms with Crippen LogP contribution in [0.1, 0.15) is 32.1 Å². The summed E-state index contributed by atoms with van der Waals surface area (Å²) in [5.74, 6) is 3.07. The second kappa shape index (κ2) is 6.41. The van der Waals surface area contributed by atoms with E-state index in [-0.39, 0.29) is 11.7 Å². The SMILES string of the molecule is COCC(O)CC1CCOC2(CCSCC2)C1. The van der Waals surface area contributed by atoms with Crippen molar-refractivity contribution >= 4 is 11.8 Å². The molecule has 0 saturated carbocycles. The molecular weight excluding hydrogens is 236 g/mol. The van der Waals surface area contributed by atoms with Gasteiger partial charge in [0.05, 0.1) is 18.3 Å². The molecule has 1 N–H and O–H groups in total. The molecule has 17 heavy (non-hydrogen) atoms. The van der Waals surface area contributed by atoms with E-state index in [1.807, 2.05) is 11.8 Å². The zero-order valence-corrected chi connectivity index (χ0v) is 11.5. The maximum absolute atomic E-state index is 9.82. The third-order valence-electron chi connectivity index (χ3n) is 3.96. The predicted molar refractivity (Wildman–Crippen MR) is 70.5 cm³/mol. The number of ether oxygens (including phenoxy) is 2. The molecule has 2 aliphatic heterocycles. The van der Waals surface area contributed by atoms with Crippen molar-refractivity contribution in [3.05, 3.63) is 0 Å². The van der Waals surface area contributed by atoms with Gasteiger partial charge in [0.2, 0.25) is 0 Å². The average molecular weight is 260 g/mol. The van der Waals surface area contributed by atoms with Gasteiger partial charge in [-0.1, -0.05) is 0 Å². The first-order valence-electron chi connectivity index (χ1n) is 6.63. The lowest BCUT2D eigenvalue weighted by Gasteiger charge is -2.43. The fourth-order valence-electron chi connectivity index (χ4n) is 3.07. The molecule has 2 aliphatic rings. The van der Waals surface area contributed by atoms with Crippen molar-refractivity contribution in [1.82, 2.24) is 0 Å². The summed E-state index contributed by atoms with van der Waals surface area (Å²) in [6, 6.07) is 0. The largest absolute Gasteiger partial charge is 0.391 e. The molecule has 2 rings (SSSR count). The summed E-state index contributed by atoms with van der Waals surface area (Å²) in [6.07, 6.45) is 5.16. The fourth-order valence-corrected chi connectivity index (χ4v) is 4.30. The first-order chi connectivity index (χ1) is 8.24. The quantitative estimate of drug-likeness (QED) is 0.840. The zero-order chi connectivity index (χ0) is 12.1. The minimum atomic E-state index is -0.307. The van der Waals surface area contributed by atoms with E-state index >= 15 is 0 Å². The Kier molecular flexibility index (Phi) is 5.15. The van der Waals surface area contributed by atoms with Crippen LogP contribution in [0.15, 0.2) is 0 Å². The average Bonchev–Trinajstić information content (AvgIpc) is 2.30. The number of thioether (sulfide) groups is 1. The number of methoxy groups -OCH3 is 1. The van der Waals surface area contributed by atoms with E-state index in [1.54, 1.807) is 7.11 Å². The Bertz CT molecular complexity index is 223. The minimum absolute atomic E-state index is 0.140. The molecule has 2 heterocycles. The van der Waals surface area contributed by atoms with Gasteiger partial charge in [0.1, 0.15) is 0 Å². The van der Waals surface area contributed by atoms with E-state index < -0.39 is 0 Å². The van der Waals surface area contributed by atoms with Gasteiger partial charge >= 0.3 is 0 Å². The molecule has 2 saturated heterocycles. The minimum Gasteiger partial charge on any atom is -0.391 e. The molecule has 2 fully saturated rings. The van der Waals surface area contributed by atoms with Crippen molar-refractivity contribution < 1.29 is 14.6 Å². The third-order valence-corrected chi connectivity index (χ3v) is 4.95. The molecule has 2 unspecified atom stereocenters. The first-order valence-corrected chi connectivity index (χ1v) is 7.78. The van der Waals surface area contributed by atoms with Crippen LogP contribution in [0.5, 0.6) is 0 Å². The van der Waals surface area contributed by atoms with Crippen LogP contribution in [-0.4, -0.2) is 48.6 Å². The Balaban J connectivity index is 1.83. The molecule has 0 aromatic carbocycles. The molecule has 1 spiro atoms. The van der Waals surface area contributed by atoms with Crippen LogP contribution in [0.25, 0.3) is 0 Å². The van der Waals surface area contributed by atoms with Crippen molar-refractivity contribution in [1.29, 1.82) is 0 Å². The molecule has 0 aromatic rings. The molecule has 2 atom stereocenters. The second-order valence-corrected chi connectivity index (χ2v) is 6.57. The van der Waals surface area contributed by atoms with Crippen LogP contribution in [0.3, 0.4) is 0 Å². The lowest BCUT2D eigenvalue weighted by Crippen LogP contribution is -2.43. The summed E-state index contributed by atoms with van der Waals surface area (Å²) in [6.45, 7) is 1.33. The summed E-state index contributed by atoms with van der Waals surface area (Å²) >= 11 is 2.04. The Morgan fingerprint density at radius 1 is 1.47 bits per heavy atom. The monoisotopic (exact) mass is 260 g/mol. The van der Waals surface area contributed by atoms with Gasteiger partial charge in [-0.2, -0.15) is 11.8 Å². The maximum Gasteiger partial charge on any atom is 0.0776 e. The standard InChI is InChI=1S/C13H24O3S/c1-15-10-12(14)8-11-2-5-16-13(9-11)3-6-17-7-4-13/h11-12,14H,2-10H2,1H3. The fraction of sp³-hybridized carbons (Fsp3) is 1.00. The van der Waals surface area contributed by atoms with Crippen molar-refractivity contribution in [3.63, 3.8) is 0 Å². The smallest absolute Gasteiger partial charge is 0.0776 e.